The Kier molecular flexibility index (Phi) is 7.87. The first kappa shape index (κ1) is 24.4. The molecule has 5 nitrogen and oxygen atoms in total. The fraction of sp³-hybridized carbons (Fsp3) is 0.214. The Morgan fingerprint density at radius 3 is 2.78 bits per heavy atom. The van der Waals surface area contributed by atoms with E-state index in [4.69, 9.17) is 16.3 Å². The average Bonchev–Trinajstić information content (AvgIpc) is 2.89. The molecule has 1 aromatic heterocycles. The van der Waals surface area contributed by atoms with Gasteiger partial charge in [-0.3, -0.25) is 4.90 Å². The Bertz CT molecular complexity index is 1430. The summed E-state index contributed by atoms with van der Waals surface area (Å²) in [5, 5.41) is 4.65. The second-order valence-corrected chi connectivity index (χ2v) is 9.97. The van der Waals surface area contributed by atoms with E-state index >= 15 is 0 Å². The number of halogens is 2. The number of aromatic nitrogens is 2. The van der Waals surface area contributed by atoms with Crippen LogP contribution < -0.4 is 10.1 Å². The summed E-state index contributed by atoms with van der Waals surface area (Å²) in [7, 11) is 0. The highest BCUT2D eigenvalue weighted by Gasteiger charge is 2.10. The molecule has 1 aliphatic heterocycles. The molecule has 2 heterocycles. The van der Waals surface area contributed by atoms with Crippen molar-refractivity contribution < 1.29 is 9.13 Å². The van der Waals surface area contributed by atoms with Crippen molar-refractivity contribution in [3.8, 4) is 17.6 Å². The van der Waals surface area contributed by atoms with Crippen molar-refractivity contribution in [2.45, 2.75) is 6.61 Å². The maximum atomic E-state index is 13.4. The van der Waals surface area contributed by atoms with Crippen molar-refractivity contribution in [3.05, 3.63) is 89.0 Å². The first-order valence-corrected chi connectivity index (χ1v) is 13.1. The minimum Gasteiger partial charge on any atom is -0.487 e. The number of nitrogens with one attached hydrogen (secondary N) is 1. The second-order valence-electron chi connectivity index (χ2n) is 8.33. The smallest absolute Gasteiger partial charge is 0.141 e. The van der Waals surface area contributed by atoms with Crippen LogP contribution >= 0.6 is 23.4 Å². The predicted octanol–water partition coefficient (Wildman–Crippen LogP) is 6.15. The van der Waals surface area contributed by atoms with Gasteiger partial charge in [0.25, 0.3) is 0 Å². The molecule has 1 N–H and O–H groups in total. The van der Waals surface area contributed by atoms with Crippen molar-refractivity contribution in [1.29, 1.82) is 0 Å². The SMILES string of the molecule is Fc1cccc(COc2ccc(Nc3ncnc4ccc(C#CCN5CCSCC5)cc34)cc2Cl)c1. The Balaban J connectivity index is 1.29. The number of benzene rings is 3. The lowest BCUT2D eigenvalue weighted by Crippen LogP contribution is -2.32. The van der Waals surface area contributed by atoms with E-state index in [0.29, 0.717) is 16.6 Å². The third-order valence-corrected chi connectivity index (χ3v) is 6.99. The Morgan fingerprint density at radius 1 is 1.06 bits per heavy atom. The van der Waals surface area contributed by atoms with E-state index in [9.17, 15) is 4.39 Å². The Labute approximate surface area is 219 Å². The summed E-state index contributed by atoms with van der Waals surface area (Å²) >= 11 is 8.46. The van der Waals surface area contributed by atoms with Crippen LogP contribution in [0.1, 0.15) is 11.1 Å². The van der Waals surface area contributed by atoms with E-state index in [1.807, 2.05) is 36.0 Å². The molecule has 0 saturated carbocycles. The Morgan fingerprint density at radius 2 is 1.94 bits per heavy atom. The summed E-state index contributed by atoms with van der Waals surface area (Å²) in [6.45, 7) is 3.19. The second kappa shape index (κ2) is 11.6. The molecule has 0 bridgehead atoms. The van der Waals surface area contributed by atoms with Gasteiger partial charge in [0.2, 0.25) is 0 Å². The zero-order chi connectivity index (χ0) is 24.7. The first-order valence-electron chi connectivity index (χ1n) is 11.6. The van der Waals surface area contributed by atoms with Gasteiger partial charge in [-0.15, -0.1) is 0 Å². The van der Waals surface area contributed by atoms with E-state index in [2.05, 4.69) is 32.0 Å². The standard InChI is InChI=1S/C28H24ClFN4OS/c29-25-17-23(7-9-27(25)35-18-21-3-1-5-22(30)15-21)33-28-24-16-20(6-8-26(24)31-19-32-28)4-2-10-34-11-13-36-14-12-34/h1,3,5-9,15-17,19H,10-14,18H2,(H,31,32,33). The molecule has 0 amide bonds. The molecule has 8 heteroatoms. The minimum absolute atomic E-state index is 0.224. The van der Waals surface area contributed by atoms with Crippen LogP contribution in [0.5, 0.6) is 5.75 Å². The van der Waals surface area contributed by atoms with Crippen LogP contribution in [0.25, 0.3) is 10.9 Å². The maximum Gasteiger partial charge on any atom is 0.141 e. The van der Waals surface area contributed by atoms with Crippen LogP contribution in [0.4, 0.5) is 15.9 Å². The molecule has 0 radical (unpaired) electrons. The van der Waals surface area contributed by atoms with E-state index in [-0.39, 0.29) is 12.4 Å². The normalized spacial score (nSPS) is 13.7. The number of hydrogen-bond acceptors (Lipinski definition) is 6. The maximum absolute atomic E-state index is 13.4. The van der Waals surface area contributed by atoms with Crippen LogP contribution in [0, 0.1) is 17.7 Å². The van der Waals surface area contributed by atoms with Gasteiger partial charge in [0.05, 0.1) is 17.1 Å². The van der Waals surface area contributed by atoms with Gasteiger partial charge in [-0.1, -0.05) is 35.6 Å². The zero-order valence-electron chi connectivity index (χ0n) is 19.5. The molecule has 182 valence electrons. The number of nitrogens with zero attached hydrogens (tertiary/aromatic N) is 3. The van der Waals surface area contributed by atoms with E-state index in [0.717, 1.165) is 47.4 Å². The zero-order valence-corrected chi connectivity index (χ0v) is 21.1. The third kappa shape index (κ3) is 6.27. The fourth-order valence-corrected chi connectivity index (χ4v) is 5.08. The van der Waals surface area contributed by atoms with Crippen LogP contribution in [-0.2, 0) is 6.61 Å². The number of hydrogen-bond donors (Lipinski definition) is 1. The number of rotatable bonds is 6. The highest BCUT2D eigenvalue weighted by molar-refractivity contribution is 7.99. The summed E-state index contributed by atoms with van der Waals surface area (Å²) in [5.74, 6) is 9.82. The van der Waals surface area contributed by atoms with Gasteiger partial charge in [-0.2, -0.15) is 11.8 Å². The number of anilines is 2. The highest BCUT2D eigenvalue weighted by atomic mass is 35.5. The monoisotopic (exact) mass is 518 g/mol. The van der Waals surface area contributed by atoms with Gasteiger partial charge in [-0.05, 0) is 54.1 Å². The predicted molar refractivity (Wildman–Crippen MR) is 146 cm³/mol. The number of thioether (sulfide) groups is 1. The molecule has 0 atom stereocenters. The Hall–Kier alpha value is -3.31. The van der Waals surface area contributed by atoms with Gasteiger partial charge in [0.1, 0.15) is 30.3 Å². The van der Waals surface area contributed by atoms with Crippen molar-refractivity contribution >= 4 is 45.8 Å². The summed E-state index contributed by atoms with van der Waals surface area (Å²) in [6, 6.07) is 17.7. The molecule has 1 aliphatic rings. The molecule has 36 heavy (non-hydrogen) atoms. The summed E-state index contributed by atoms with van der Waals surface area (Å²) in [5.41, 5.74) is 3.24. The molecule has 4 aromatic rings. The molecular weight excluding hydrogens is 495 g/mol. The van der Waals surface area contributed by atoms with Gasteiger partial charge in [-0.25, -0.2) is 14.4 Å². The van der Waals surface area contributed by atoms with Crippen molar-refractivity contribution in [3.63, 3.8) is 0 Å². The largest absolute Gasteiger partial charge is 0.487 e. The van der Waals surface area contributed by atoms with Crippen LogP contribution in [-0.4, -0.2) is 46.0 Å². The molecule has 5 rings (SSSR count). The van der Waals surface area contributed by atoms with Crippen molar-refractivity contribution in [1.82, 2.24) is 14.9 Å². The van der Waals surface area contributed by atoms with Crippen molar-refractivity contribution in [2.24, 2.45) is 0 Å². The molecule has 1 fully saturated rings. The molecule has 1 saturated heterocycles. The van der Waals surface area contributed by atoms with Gasteiger partial charge in [0.15, 0.2) is 0 Å². The summed E-state index contributed by atoms with van der Waals surface area (Å²) in [6.07, 6.45) is 1.53. The van der Waals surface area contributed by atoms with E-state index in [1.165, 1.54) is 30.0 Å². The molecule has 3 aromatic carbocycles. The van der Waals surface area contributed by atoms with Crippen LogP contribution in [0.2, 0.25) is 5.02 Å². The topological polar surface area (TPSA) is 50.3 Å². The van der Waals surface area contributed by atoms with Gasteiger partial charge < -0.3 is 10.1 Å². The molecule has 0 spiro atoms. The molecule has 0 unspecified atom stereocenters. The molecule has 0 aliphatic carbocycles. The van der Waals surface area contributed by atoms with E-state index in [1.54, 1.807) is 24.3 Å². The van der Waals surface area contributed by atoms with Gasteiger partial charge >= 0.3 is 0 Å². The lowest BCUT2D eigenvalue weighted by atomic mass is 10.1. The van der Waals surface area contributed by atoms with E-state index < -0.39 is 0 Å². The summed E-state index contributed by atoms with van der Waals surface area (Å²) in [4.78, 5) is 11.2. The minimum atomic E-state index is -0.297. The van der Waals surface area contributed by atoms with Crippen LogP contribution in [0.15, 0.2) is 67.0 Å². The average molecular weight is 519 g/mol. The first-order chi connectivity index (χ1) is 17.6. The van der Waals surface area contributed by atoms with Gasteiger partial charge in [0, 0.05) is 41.2 Å². The number of ether oxygens (including phenoxy) is 1. The summed E-state index contributed by atoms with van der Waals surface area (Å²) < 4.78 is 19.2. The lowest BCUT2D eigenvalue weighted by Gasteiger charge is -2.23. The number of fused-ring (bicyclic) bond motifs is 1. The van der Waals surface area contributed by atoms with Crippen molar-refractivity contribution in [2.75, 3.05) is 36.5 Å². The fourth-order valence-electron chi connectivity index (χ4n) is 3.87. The lowest BCUT2D eigenvalue weighted by molar-refractivity contribution is 0.306. The highest BCUT2D eigenvalue weighted by Crippen LogP contribution is 2.31. The molecular formula is C28H24ClFN4OS. The third-order valence-electron chi connectivity index (χ3n) is 5.75. The quantitative estimate of drug-likeness (QED) is 0.309. The van der Waals surface area contributed by atoms with Crippen LogP contribution in [0.3, 0.4) is 0 Å².